The topological polar surface area (TPSA) is 119 Å². The van der Waals surface area contributed by atoms with Crippen molar-refractivity contribution in [3.05, 3.63) is 59.7 Å². The van der Waals surface area contributed by atoms with Crippen LogP contribution < -0.4 is 10.6 Å². The van der Waals surface area contributed by atoms with Crippen LogP contribution in [0.1, 0.15) is 30.4 Å². The summed E-state index contributed by atoms with van der Waals surface area (Å²) in [5.74, 6) is 0.176. The van der Waals surface area contributed by atoms with Gasteiger partial charge in [0, 0.05) is 36.0 Å². The quantitative estimate of drug-likeness (QED) is 0.509. The maximum absolute atomic E-state index is 13.3. The average Bonchev–Trinajstić information content (AvgIpc) is 3.36. The number of rotatable bonds is 7. The number of carboxylic acids is 1. The predicted octanol–water partition coefficient (Wildman–Crippen LogP) is 3.59. The van der Waals surface area contributed by atoms with Gasteiger partial charge in [-0.1, -0.05) is 30.3 Å². The van der Waals surface area contributed by atoms with Crippen molar-refractivity contribution in [1.82, 2.24) is 9.80 Å². The Kier molecular flexibility index (Phi) is 8.70. The van der Waals surface area contributed by atoms with Crippen LogP contribution in [-0.4, -0.2) is 75.4 Å². The van der Waals surface area contributed by atoms with E-state index >= 15 is 0 Å². The molecule has 2 fully saturated rings. The van der Waals surface area contributed by atoms with E-state index in [0.717, 1.165) is 29.0 Å². The molecule has 0 spiro atoms. The number of aryl methyl sites for hydroxylation is 1. The second-order valence-corrected chi connectivity index (χ2v) is 10.5. The highest BCUT2D eigenvalue weighted by Gasteiger charge is 2.39. The van der Waals surface area contributed by atoms with Gasteiger partial charge in [0.25, 0.3) is 0 Å². The van der Waals surface area contributed by atoms with Gasteiger partial charge in [-0.3, -0.25) is 14.4 Å². The zero-order chi connectivity index (χ0) is 26.4. The molecule has 2 aromatic rings. The number of nitrogens with one attached hydrogen (secondary N) is 2. The van der Waals surface area contributed by atoms with Crippen LogP contribution in [0.25, 0.3) is 0 Å². The van der Waals surface area contributed by atoms with E-state index < -0.39 is 12.0 Å². The molecule has 3 N–H and O–H groups in total. The molecule has 2 unspecified atom stereocenters. The van der Waals surface area contributed by atoms with Crippen molar-refractivity contribution in [3.8, 4) is 0 Å². The van der Waals surface area contributed by atoms with Crippen molar-refractivity contribution in [2.75, 3.05) is 35.2 Å². The molecule has 0 saturated carbocycles. The molecular formula is C27H32N4O5S. The third kappa shape index (κ3) is 6.82. The first-order valence-corrected chi connectivity index (χ1v) is 13.6. The Morgan fingerprint density at radius 3 is 2.49 bits per heavy atom. The summed E-state index contributed by atoms with van der Waals surface area (Å²) in [7, 11) is 0. The van der Waals surface area contributed by atoms with Crippen molar-refractivity contribution in [2.45, 2.75) is 44.7 Å². The summed E-state index contributed by atoms with van der Waals surface area (Å²) in [6, 6.07) is 13.3. The van der Waals surface area contributed by atoms with Gasteiger partial charge in [0.2, 0.25) is 11.8 Å². The third-order valence-corrected chi connectivity index (χ3v) is 7.83. The van der Waals surface area contributed by atoms with Gasteiger partial charge in [-0.05, 0) is 49.1 Å². The van der Waals surface area contributed by atoms with Crippen LogP contribution in [0, 0.1) is 6.92 Å². The number of aliphatic carboxylic acids is 1. The number of benzene rings is 2. The molecule has 2 aromatic carbocycles. The van der Waals surface area contributed by atoms with Crippen molar-refractivity contribution in [2.24, 2.45) is 0 Å². The molecule has 2 saturated heterocycles. The lowest BCUT2D eigenvalue weighted by Crippen LogP contribution is -2.54. The Morgan fingerprint density at radius 1 is 1.00 bits per heavy atom. The summed E-state index contributed by atoms with van der Waals surface area (Å²) in [5.41, 5.74) is 3.08. The fourth-order valence-electron chi connectivity index (χ4n) is 4.81. The van der Waals surface area contributed by atoms with Crippen LogP contribution in [0.4, 0.5) is 16.2 Å². The highest BCUT2D eigenvalue weighted by atomic mass is 32.2. The molecule has 2 atom stereocenters. The van der Waals surface area contributed by atoms with Crippen LogP contribution in [-0.2, 0) is 20.8 Å². The molecular weight excluding hydrogens is 492 g/mol. The van der Waals surface area contributed by atoms with E-state index in [0.29, 0.717) is 31.0 Å². The number of anilines is 2. The lowest BCUT2D eigenvalue weighted by molar-refractivity contribution is -0.146. The van der Waals surface area contributed by atoms with Gasteiger partial charge in [-0.2, -0.15) is 11.8 Å². The minimum Gasteiger partial charge on any atom is -0.481 e. The number of hydrogen-bond donors (Lipinski definition) is 3. The fraction of sp³-hybridized carbons (Fsp3) is 0.407. The van der Waals surface area contributed by atoms with E-state index in [-0.39, 0.29) is 36.7 Å². The first-order chi connectivity index (χ1) is 17.8. The fourth-order valence-corrected chi connectivity index (χ4v) is 5.87. The molecule has 9 nitrogen and oxygen atoms in total. The van der Waals surface area contributed by atoms with Crippen LogP contribution in [0.15, 0.2) is 48.5 Å². The van der Waals surface area contributed by atoms with Gasteiger partial charge in [0.1, 0.15) is 6.04 Å². The van der Waals surface area contributed by atoms with Gasteiger partial charge in [-0.25, -0.2) is 4.79 Å². The monoisotopic (exact) mass is 524 g/mol. The molecule has 0 aliphatic carbocycles. The molecule has 2 heterocycles. The molecule has 0 radical (unpaired) electrons. The number of likely N-dealkylation sites (tertiary alicyclic amines) is 1. The number of amides is 4. The number of hydrogen-bond acceptors (Lipinski definition) is 5. The molecule has 2 aliphatic rings. The van der Waals surface area contributed by atoms with Gasteiger partial charge < -0.3 is 25.5 Å². The summed E-state index contributed by atoms with van der Waals surface area (Å²) < 4.78 is 0. The van der Waals surface area contributed by atoms with Crippen molar-refractivity contribution in [1.29, 1.82) is 0 Å². The zero-order valence-electron chi connectivity index (χ0n) is 20.8. The van der Waals surface area contributed by atoms with E-state index in [1.54, 1.807) is 45.8 Å². The van der Waals surface area contributed by atoms with Crippen LogP contribution in [0.2, 0.25) is 0 Å². The number of carbonyl (C=O) groups is 4. The largest absolute Gasteiger partial charge is 0.481 e. The molecule has 10 heteroatoms. The lowest BCUT2D eigenvalue weighted by atomic mass is 10.1. The van der Waals surface area contributed by atoms with E-state index in [9.17, 15) is 24.3 Å². The summed E-state index contributed by atoms with van der Waals surface area (Å²) >= 11 is 1.66. The van der Waals surface area contributed by atoms with Crippen molar-refractivity contribution < 1.29 is 24.3 Å². The highest BCUT2D eigenvalue weighted by molar-refractivity contribution is 7.99. The number of thioether (sulfide) groups is 1. The Labute approximate surface area is 220 Å². The summed E-state index contributed by atoms with van der Waals surface area (Å²) in [6.45, 7) is 2.94. The van der Waals surface area contributed by atoms with Crippen LogP contribution in [0.3, 0.4) is 0 Å². The predicted molar refractivity (Wildman–Crippen MR) is 144 cm³/mol. The summed E-state index contributed by atoms with van der Waals surface area (Å²) in [5, 5.41) is 14.8. The molecule has 2 aliphatic heterocycles. The highest BCUT2D eigenvalue weighted by Crippen LogP contribution is 2.26. The Hall–Kier alpha value is -3.53. The van der Waals surface area contributed by atoms with Crippen LogP contribution >= 0.6 is 11.8 Å². The minimum atomic E-state index is -0.921. The van der Waals surface area contributed by atoms with Gasteiger partial charge in [0.15, 0.2) is 0 Å². The summed E-state index contributed by atoms with van der Waals surface area (Å²) in [6.07, 6.45) is 1.40. The zero-order valence-corrected chi connectivity index (χ0v) is 21.6. The number of para-hydroxylation sites is 1. The molecule has 4 rings (SSSR count). The number of urea groups is 1. The van der Waals surface area contributed by atoms with E-state index in [4.69, 9.17) is 0 Å². The smallest absolute Gasteiger partial charge is 0.323 e. The number of carbonyl (C=O) groups excluding carboxylic acids is 3. The normalized spacial score (nSPS) is 19.4. The van der Waals surface area contributed by atoms with Crippen molar-refractivity contribution >= 4 is 47.0 Å². The molecule has 196 valence electrons. The third-order valence-electron chi connectivity index (χ3n) is 6.74. The second kappa shape index (κ2) is 12.1. The Balaban J connectivity index is 1.34. The molecule has 4 amide bonds. The SMILES string of the molecule is Cc1ccccc1NC(=O)Nc1ccc(CC(=O)N2CCCC2C(=O)N2CCSCC2CC(=O)O)cc1. The van der Waals surface area contributed by atoms with E-state index in [1.165, 1.54) is 0 Å². The van der Waals surface area contributed by atoms with Gasteiger partial charge >= 0.3 is 12.0 Å². The number of carboxylic acid groups (broad SMARTS) is 1. The maximum Gasteiger partial charge on any atom is 0.323 e. The first kappa shape index (κ1) is 26.5. The summed E-state index contributed by atoms with van der Waals surface area (Å²) in [4.78, 5) is 53.4. The van der Waals surface area contributed by atoms with Crippen molar-refractivity contribution in [3.63, 3.8) is 0 Å². The van der Waals surface area contributed by atoms with E-state index in [1.807, 2.05) is 31.2 Å². The molecule has 0 aromatic heterocycles. The second-order valence-electron chi connectivity index (χ2n) is 9.37. The molecule has 0 bridgehead atoms. The maximum atomic E-state index is 13.3. The average molecular weight is 525 g/mol. The minimum absolute atomic E-state index is 0.0806. The standard InChI is InChI=1S/C27H32N4O5S/c1-18-5-2-3-6-22(18)29-27(36)28-20-10-8-19(9-11-20)15-24(32)31-12-4-7-23(31)26(35)30-13-14-37-17-21(30)16-25(33)34/h2-3,5-6,8-11,21,23H,4,7,12-17H2,1H3,(H,33,34)(H2,28,29,36). The first-order valence-electron chi connectivity index (χ1n) is 12.4. The molecule has 37 heavy (non-hydrogen) atoms. The van der Waals surface area contributed by atoms with Crippen LogP contribution in [0.5, 0.6) is 0 Å². The van der Waals surface area contributed by atoms with Gasteiger partial charge in [0.05, 0.1) is 18.9 Å². The Morgan fingerprint density at radius 2 is 1.76 bits per heavy atom. The van der Waals surface area contributed by atoms with E-state index in [2.05, 4.69) is 10.6 Å². The Bertz CT molecular complexity index is 1160. The van der Waals surface area contributed by atoms with Gasteiger partial charge in [-0.15, -0.1) is 0 Å². The number of nitrogens with zero attached hydrogens (tertiary/aromatic N) is 2. The lowest BCUT2D eigenvalue weighted by Gasteiger charge is -2.38.